The summed E-state index contributed by atoms with van der Waals surface area (Å²) in [5, 5.41) is 0. The molecule has 2 atom stereocenters. The van der Waals surface area contributed by atoms with Gasteiger partial charge in [-0.3, -0.25) is 18.6 Å². The van der Waals surface area contributed by atoms with E-state index in [2.05, 4.69) is 86.8 Å². The number of carbonyl (C=O) groups is 2. The van der Waals surface area contributed by atoms with Crippen LogP contribution in [0.15, 0.2) is 72.9 Å². The fraction of sp³-hybridized carbons (Fsp3) is 0.702. The van der Waals surface area contributed by atoms with Gasteiger partial charge in [0, 0.05) is 19.4 Å². The van der Waals surface area contributed by atoms with Gasteiger partial charge >= 0.3 is 19.8 Å². The first-order valence-electron chi connectivity index (χ1n) is 22.4. The Morgan fingerprint density at radius 1 is 0.544 bits per heavy atom. The van der Waals surface area contributed by atoms with Crippen LogP contribution >= 0.6 is 7.82 Å². The van der Waals surface area contributed by atoms with E-state index in [1.54, 1.807) is 0 Å². The number of hydrogen-bond acceptors (Lipinski definition) is 8. The summed E-state index contributed by atoms with van der Waals surface area (Å²) in [6.07, 6.45) is 52.3. The molecule has 0 radical (unpaired) electrons. The second-order valence-electron chi connectivity index (χ2n) is 14.5. The maximum Gasteiger partial charge on any atom is 0.472 e. The maximum absolute atomic E-state index is 12.6. The van der Waals surface area contributed by atoms with Crippen LogP contribution in [0.3, 0.4) is 0 Å². The molecule has 0 fully saturated rings. The number of hydrogen-bond donors (Lipinski definition) is 2. The predicted octanol–water partition coefficient (Wildman–Crippen LogP) is 13.1. The van der Waals surface area contributed by atoms with Crippen LogP contribution in [0.5, 0.6) is 0 Å². The highest BCUT2D eigenvalue weighted by atomic mass is 31.2. The quantitative estimate of drug-likeness (QED) is 0.0267. The number of carbonyl (C=O) groups excluding carboxylic acids is 2. The second kappa shape index (κ2) is 43.0. The minimum Gasteiger partial charge on any atom is -0.462 e. The summed E-state index contributed by atoms with van der Waals surface area (Å²) in [6.45, 7) is 3.57. The first kappa shape index (κ1) is 54.5. The van der Waals surface area contributed by atoms with Gasteiger partial charge in [0.2, 0.25) is 0 Å². The lowest BCUT2D eigenvalue weighted by atomic mass is 10.1. The van der Waals surface area contributed by atoms with E-state index in [9.17, 15) is 19.0 Å². The summed E-state index contributed by atoms with van der Waals surface area (Å²) in [5.74, 6) is -0.845. The molecule has 0 aliphatic rings. The van der Waals surface area contributed by atoms with Crippen LogP contribution in [0, 0.1) is 0 Å². The van der Waals surface area contributed by atoms with Crippen LogP contribution in [-0.4, -0.2) is 49.3 Å². The van der Waals surface area contributed by atoms with Crippen molar-refractivity contribution in [3.05, 3.63) is 72.9 Å². The molecular formula is C47H82NO8P. The van der Waals surface area contributed by atoms with Crippen molar-refractivity contribution < 1.29 is 37.6 Å². The molecule has 57 heavy (non-hydrogen) atoms. The number of phosphoric acid groups is 1. The van der Waals surface area contributed by atoms with Crippen LogP contribution in [0.1, 0.15) is 181 Å². The summed E-state index contributed by atoms with van der Waals surface area (Å²) in [7, 11) is -4.38. The smallest absolute Gasteiger partial charge is 0.462 e. The van der Waals surface area contributed by atoms with Crippen molar-refractivity contribution in [2.45, 2.75) is 187 Å². The van der Waals surface area contributed by atoms with Gasteiger partial charge in [-0.1, -0.05) is 177 Å². The molecule has 0 aliphatic carbocycles. The average molecular weight is 820 g/mol. The van der Waals surface area contributed by atoms with E-state index in [0.717, 1.165) is 83.5 Å². The molecule has 0 heterocycles. The number of unbranched alkanes of at least 4 members (excludes halogenated alkanes) is 16. The fourth-order valence-electron chi connectivity index (χ4n) is 5.81. The lowest BCUT2D eigenvalue weighted by Gasteiger charge is -2.19. The summed E-state index contributed by atoms with van der Waals surface area (Å²) < 4.78 is 32.7. The van der Waals surface area contributed by atoms with E-state index >= 15 is 0 Å². The van der Waals surface area contributed by atoms with E-state index in [1.165, 1.54) is 64.2 Å². The third-order valence-corrected chi connectivity index (χ3v) is 10.1. The number of rotatable bonds is 41. The Morgan fingerprint density at radius 3 is 1.44 bits per heavy atom. The molecular weight excluding hydrogens is 737 g/mol. The van der Waals surface area contributed by atoms with Gasteiger partial charge < -0.3 is 20.1 Å². The molecule has 0 bridgehead atoms. The van der Waals surface area contributed by atoms with Crippen LogP contribution < -0.4 is 5.73 Å². The molecule has 0 spiro atoms. The van der Waals surface area contributed by atoms with Crippen LogP contribution in [0.4, 0.5) is 0 Å². The number of allylic oxidation sites excluding steroid dienone is 12. The normalized spacial score (nSPS) is 14.0. The molecule has 0 rings (SSSR count). The first-order chi connectivity index (χ1) is 27.8. The predicted molar refractivity (Wildman–Crippen MR) is 238 cm³/mol. The van der Waals surface area contributed by atoms with Gasteiger partial charge in [-0.2, -0.15) is 0 Å². The zero-order valence-corrected chi connectivity index (χ0v) is 36.9. The van der Waals surface area contributed by atoms with Crippen molar-refractivity contribution in [1.82, 2.24) is 0 Å². The van der Waals surface area contributed by atoms with Gasteiger partial charge in [-0.25, -0.2) is 4.57 Å². The van der Waals surface area contributed by atoms with E-state index in [-0.39, 0.29) is 38.6 Å². The Kier molecular flexibility index (Phi) is 41.1. The molecule has 0 amide bonds. The summed E-state index contributed by atoms with van der Waals surface area (Å²) in [4.78, 5) is 34.8. The number of nitrogens with two attached hydrogens (primary N) is 1. The van der Waals surface area contributed by atoms with Gasteiger partial charge in [-0.15, -0.1) is 0 Å². The lowest BCUT2D eigenvalue weighted by Crippen LogP contribution is -2.29. The van der Waals surface area contributed by atoms with Gasteiger partial charge in [0.05, 0.1) is 13.2 Å². The SMILES string of the molecule is CC/C=C\C/C=C\C/C=C\C/C=C\C/C=C\C/C=C\CCCCCCCCCCC(=O)OC(COC(=O)CCCCCCCCCCC)COP(=O)(O)OCCN. The third kappa shape index (κ3) is 42.9. The second-order valence-corrected chi connectivity index (χ2v) is 16.0. The first-order valence-corrected chi connectivity index (χ1v) is 23.9. The molecule has 2 unspecified atom stereocenters. The van der Waals surface area contributed by atoms with Crippen molar-refractivity contribution in [3.63, 3.8) is 0 Å². The molecule has 0 saturated carbocycles. The zero-order chi connectivity index (χ0) is 41.8. The van der Waals surface area contributed by atoms with Crippen molar-refractivity contribution in [2.24, 2.45) is 5.73 Å². The molecule has 0 aromatic heterocycles. The molecule has 0 saturated heterocycles. The Morgan fingerprint density at radius 2 is 0.965 bits per heavy atom. The van der Waals surface area contributed by atoms with E-state index in [4.69, 9.17) is 24.3 Å². The molecule has 3 N–H and O–H groups in total. The molecule has 328 valence electrons. The minimum atomic E-state index is -4.38. The van der Waals surface area contributed by atoms with Crippen molar-refractivity contribution >= 4 is 19.8 Å². The monoisotopic (exact) mass is 820 g/mol. The Labute approximate surface area is 348 Å². The van der Waals surface area contributed by atoms with Crippen LogP contribution in [-0.2, 0) is 32.7 Å². The standard InChI is InChI=1S/C47H82NO8P/c1-3-5-7-9-11-13-14-15-16-17-18-19-20-21-22-23-24-25-26-27-28-29-30-32-34-36-38-40-47(50)56-45(44-55-57(51,52)54-42-41-48)43-53-46(49)39-37-35-33-31-12-10-8-6-4-2/h5,7,11,13,15-16,18-19,21-22,24-25,45H,3-4,6,8-10,12,14,17,20,23,26-44,48H2,1-2H3,(H,51,52)/b7-5-,13-11-,16-15-,19-18-,22-21-,25-24-. The van der Waals surface area contributed by atoms with Gasteiger partial charge in [-0.05, 0) is 64.2 Å². The van der Waals surface area contributed by atoms with Crippen LogP contribution in [0.25, 0.3) is 0 Å². The van der Waals surface area contributed by atoms with Crippen LogP contribution in [0.2, 0.25) is 0 Å². The molecule has 0 aromatic rings. The zero-order valence-electron chi connectivity index (χ0n) is 36.0. The summed E-state index contributed by atoms with van der Waals surface area (Å²) in [6, 6.07) is 0. The highest BCUT2D eigenvalue weighted by Crippen LogP contribution is 2.43. The largest absolute Gasteiger partial charge is 0.472 e. The Bertz CT molecular complexity index is 1160. The van der Waals surface area contributed by atoms with E-state index in [1.807, 2.05) is 0 Å². The topological polar surface area (TPSA) is 134 Å². The molecule has 0 aliphatic heterocycles. The number of phosphoric ester groups is 1. The number of ether oxygens (including phenoxy) is 2. The van der Waals surface area contributed by atoms with Crippen molar-refractivity contribution in [3.8, 4) is 0 Å². The Hall–Kier alpha value is -2.55. The minimum absolute atomic E-state index is 0.0495. The van der Waals surface area contributed by atoms with Gasteiger partial charge in [0.1, 0.15) is 6.61 Å². The third-order valence-electron chi connectivity index (χ3n) is 9.11. The Balaban J connectivity index is 4.06. The summed E-state index contributed by atoms with van der Waals surface area (Å²) in [5.41, 5.74) is 5.34. The number of esters is 2. The highest BCUT2D eigenvalue weighted by molar-refractivity contribution is 7.47. The maximum atomic E-state index is 12.6. The average Bonchev–Trinajstić information content (AvgIpc) is 3.20. The van der Waals surface area contributed by atoms with Crippen molar-refractivity contribution in [2.75, 3.05) is 26.4 Å². The molecule has 10 heteroatoms. The van der Waals surface area contributed by atoms with E-state index in [0.29, 0.717) is 6.42 Å². The molecule has 0 aromatic carbocycles. The highest BCUT2D eigenvalue weighted by Gasteiger charge is 2.26. The molecule has 9 nitrogen and oxygen atoms in total. The van der Waals surface area contributed by atoms with Gasteiger partial charge in [0.25, 0.3) is 0 Å². The van der Waals surface area contributed by atoms with E-state index < -0.39 is 26.5 Å². The van der Waals surface area contributed by atoms with Crippen molar-refractivity contribution in [1.29, 1.82) is 0 Å². The fourth-order valence-corrected chi connectivity index (χ4v) is 6.58. The lowest BCUT2D eigenvalue weighted by molar-refractivity contribution is -0.161. The van der Waals surface area contributed by atoms with Gasteiger partial charge in [0.15, 0.2) is 6.10 Å². The summed E-state index contributed by atoms with van der Waals surface area (Å²) >= 11 is 0.